The summed E-state index contributed by atoms with van der Waals surface area (Å²) in [7, 11) is -3.26. The van der Waals surface area contributed by atoms with Crippen molar-refractivity contribution in [3.05, 3.63) is 0 Å². The fourth-order valence-corrected chi connectivity index (χ4v) is 4.35. The zero-order valence-electron chi connectivity index (χ0n) is 9.85. The fraction of sp³-hybridized carbons (Fsp3) is 1.00. The van der Waals surface area contributed by atoms with E-state index in [0.29, 0.717) is 38.1 Å². The van der Waals surface area contributed by atoms with Crippen LogP contribution in [0.2, 0.25) is 0 Å². The highest BCUT2D eigenvalue weighted by molar-refractivity contribution is 9.09. The van der Waals surface area contributed by atoms with Crippen LogP contribution in [0.1, 0.15) is 19.3 Å². The summed E-state index contributed by atoms with van der Waals surface area (Å²) in [6.07, 6.45) is 3.07. The van der Waals surface area contributed by atoms with Crippen molar-refractivity contribution in [3.8, 4) is 0 Å². The molecule has 2 aliphatic rings. The van der Waals surface area contributed by atoms with Gasteiger partial charge in [-0.25, -0.2) is 0 Å². The van der Waals surface area contributed by atoms with Crippen molar-refractivity contribution in [1.82, 2.24) is 8.61 Å². The van der Waals surface area contributed by atoms with Gasteiger partial charge in [-0.05, 0) is 12.8 Å². The van der Waals surface area contributed by atoms with E-state index in [0.717, 1.165) is 19.3 Å². The highest BCUT2D eigenvalue weighted by atomic mass is 79.9. The number of morpholine rings is 1. The highest BCUT2D eigenvalue weighted by Gasteiger charge is 2.34. The first-order chi connectivity index (χ1) is 8.14. The summed E-state index contributed by atoms with van der Waals surface area (Å²) in [5, 5.41) is 0.680. The molecule has 2 heterocycles. The molecule has 0 aromatic heterocycles. The maximum atomic E-state index is 12.4. The van der Waals surface area contributed by atoms with E-state index in [2.05, 4.69) is 15.9 Å². The lowest BCUT2D eigenvalue weighted by Gasteiger charge is -2.36. The minimum Gasteiger partial charge on any atom is -0.375 e. The second kappa shape index (κ2) is 5.97. The normalized spacial score (nSPS) is 29.4. The summed E-state index contributed by atoms with van der Waals surface area (Å²) in [6.45, 7) is 2.76. The first-order valence-corrected chi connectivity index (χ1v) is 8.59. The van der Waals surface area contributed by atoms with Crippen LogP contribution in [0.3, 0.4) is 0 Å². The molecule has 0 aliphatic carbocycles. The predicted octanol–water partition coefficient (Wildman–Crippen LogP) is 0.813. The van der Waals surface area contributed by atoms with Crippen LogP contribution in [0.5, 0.6) is 0 Å². The second-order valence-corrected chi connectivity index (χ2v) is 7.05. The Bertz CT molecular complexity index is 343. The Hall–Kier alpha value is 0.310. The van der Waals surface area contributed by atoms with Crippen molar-refractivity contribution in [2.24, 2.45) is 0 Å². The molecule has 0 aromatic carbocycles. The molecule has 1 atom stereocenters. The molecule has 0 aromatic rings. The van der Waals surface area contributed by atoms with Gasteiger partial charge < -0.3 is 4.74 Å². The van der Waals surface area contributed by atoms with Crippen molar-refractivity contribution in [2.45, 2.75) is 25.4 Å². The van der Waals surface area contributed by atoms with E-state index in [1.54, 1.807) is 8.61 Å². The third kappa shape index (κ3) is 3.20. The minimum atomic E-state index is -3.26. The molecule has 1 unspecified atom stereocenters. The first-order valence-electron chi connectivity index (χ1n) is 6.07. The molecule has 2 fully saturated rings. The Morgan fingerprint density at radius 2 is 1.82 bits per heavy atom. The number of piperidine rings is 1. The van der Waals surface area contributed by atoms with Crippen LogP contribution >= 0.6 is 15.9 Å². The number of ether oxygens (including phenoxy) is 1. The van der Waals surface area contributed by atoms with Crippen molar-refractivity contribution in [2.75, 3.05) is 38.1 Å². The molecule has 5 nitrogen and oxygen atoms in total. The van der Waals surface area contributed by atoms with Gasteiger partial charge >= 0.3 is 0 Å². The lowest BCUT2D eigenvalue weighted by Crippen LogP contribution is -2.52. The number of alkyl halides is 1. The third-order valence-corrected chi connectivity index (χ3v) is 5.97. The van der Waals surface area contributed by atoms with E-state index in [1.807, 2.05) is 0 Å². The van der Waals surface area contributed by atoms with E-state index < -0.39 is 10.2 Å². The van der Waals surface area contributed by atoms with Crippen LogP contribution in [0, 0.1) is 0 Å². The summed E-state index contributed by atoms with van der Waals surface area (Å²) in [5.41, 5.74) is 0. The Labute approximate surface area is 111 Å². The molecular formula is C10H19BrN2O3S. The molecule has 2 aliphatic heterocycles. The van der Waals surface area contributed by atoms with Crippen LogP contribution in [-0.2, 0) is 14.9 Å². The fourth-order valence-electron chi connectivity index (χ4n) is 2.25. The number of nitrogens with zero attached hydrogens (tertiary/aromatic N) is 2. The largest absolute Gasteiger partial charge is 0.375 e. The van der Waals surface area contributed by atoms with Gasteiger partial charge in [-0.2, -0.15) is 17.0 Å². The zero-order valence-corrected chi connectivity index (χ0v) is 12.2. The van der Waals surface area contributed by atoms with Crippen molar-refractivity contribution in [1.29, 1.82) is 0 Å². The SMILES string of the molecule is O=S(=O)(N1CCCCC1)N1CCOC(CBr)C1. The molecule has 0 bridgehead atoms. The number of hydrogen-bond donors (Lipinski definition) is 0. The Morgan fingerprint density at radius 1 is 1.12 bits per heavy atom. The molecule has 7 heteroatoms. The summed E-state index contributed by atoms with van der Waals surface area (Å²) in [6, 6.07) is 0. The number of halogens is 1. The summed E-state index contributed by atoms with van der Waals surface area (Å²) >= 11 is 3.34. The van der Waals surface area contributed by atoms with Crippen LogP contribution in [0.15, 0.2) is 0 Å². The molecule has 0 amide bonds. The maximum Gasteiger partial charge on any atom is 0.282 e. The first kappa shape index (κ1) is 13.7. The van der Waals surface area contributed by atoms with Gasteiger partial charge in [0.25, 0.3) is 10.2 Å². The lowest BCUT2D eigenvalue weighted by atomic mass is 10.2. The average molecular weight is 327 g/mol. The minimum absolute atomic E-state index is 0.0247. The van der Waals surface area contributed by atoms with Gasteiger partial charge in [-0.15, -0.1) is 0 Å². The topological polar surface area (TPSA) is 49.9 Å². The molecule has 0 saturated carbocycles. The van der Waals surface area contributed by atoms with Crippen molar-refractivity contribution < 1.29 is 13.2 Å². The summed E-state index contributed by atoms with van der Waals surface area (Å²) in [4.78, 5) is 0. The predicted molar refractivity (Wildman–Crippen MR) is 69.5 cm³/mol. The van der Waals surface area contributed by atoms with Crippen LogP contribution in [0.25, 0.3) is 0 Å². The molecular weight excluding hydrogens is 308 g/mol. The quantitative estimate of drug-likeness (QED) is 0.721. The maximum absolute atomic E-state index is 12.4. The van der Waals surface area contributed by atoms with E-state index in [1.165, 1.54) is 0 Å². The lowest BCUT2D eigenvalue weighted by molar-refractivity contribution is 0.0115. The van der Waals surface area contributed by atoms with Gasteiger partial charge in [0.1, 0.15) is 0 Å². The van der Waals surface area contributed by atoms with Crippen molar-refractivity contribution in [3.63, 3.8) is 0 Å². The standard InChI is InChI=1S/C10H19BrN2O3S/c11-8-10-9-13(6-7-16-10)17(14,15)12-4-2-1-3-5-12/h10H,1-9H2. The van der Waals surface area contributed by atoms with Crippen LogP contribution in [0.4, 0.5) is 0 Å². The summed E-state index contributed by atoms with van der Waals surface area (Å²) < 4.78 is 33.4. The van der Waals surface area contributed by atoms with E-state index in [9.17, 15) is 8.42 Å². The molecule has 2 saturated heterocycles. The van der Waals surface area contributed by atoms with E-state index in [-0.39, 0.29) is 6.10 Å². The van der Waals surface area contributed by atoms with Gasteiger partial charge in [0.05, 0.1) is 12.7 Å². The third-order valence-electron chi connectivity index (χ3n) is 3.24. The van der Waals surface area contributed by atoms with Gasteiger partial charge in [0, 0.05) is 31.5 Å². The van der Waals surface area contributed by atoms with Crippen LogP contribution < -0.4 is 0 Å². The molecule has 0 spiro atoms. The van der Waals surface area contributed by atoms with Gasteiger partial charge in [0.2, 0.25) is 0 Å². The Balaban J connectivity index is 2.03. The van der Waals surface area contributed by atoms with Crippen LogP contribution in [-0.4, -0.2) is 61.2 Å². The second-order valence-electron chi connectivity index (χ2n) is 4.47. The molecule has 17 heavy (non-hydrogen) atoms. The average Bonchev–Trinajstić information content (AvgIpc) is 2.40. The van der Waals surface area contributed by atoms with E-state index >= 15 is 0 Å². The molecule has 0 radical (unpaired) electrons. The zero-order chi connectivity index (χ0) is 12.3. The molecule has 0 N–H and O–H groups in total. The number of hydrogen-bond acceptors (Lipinski definition) is 3. The van der Waals surface area contributed by atoms with Gasteiger partial charge in [-0.1, -0.05) is 22.4 Å². The number of rotatable bonds is 3. The molecule has 2 rings (SSSR count). The van der Waals surface area contributed by atoms with Gasteiger partial charge in [0.15, 0.2) is 0 Å². The monoisotopic (exact) mass is 326 g/mol. The Morgan fingerprint density at radius 3 is 2.47 bits per heavy atom. The Kier molecular flexibility index (Phi) is 4.82. The van der Waals surface area contributed by atoms with Gasteiger partial charge in [-0.3, -0.25) is 0 Å². The highest BCUT2D eigenvalue weighted by Crippen LogP contribution is 2.19. The van der Waals surface area contributed by atoms with E-state index in [4.69, 9.17) is 4.74 Å². The summed E-state index contributed by atoms with van der Waals surface area (Å²) in [5.74, 6) is 0. The smallest absolute Gasteiger partial charge is 0.282 e. The molecule has 100 valence electrons. The van der Waals surface area contributed by atoms with Crippen molar-refractivity contribution >= 4 is 26.1 Å².